The summed E-state index contributed by atoms with van der Waals surface area (Å²) >= 11 is 0. The molecule has 0 aliphatic carbocycles. The highest BCUT2D eigenvalue weighted by Crippen LogP contribution is 2.25. The molecule has 2 heterocycles. The predicted octanol–water partition coefficient (Wildman–Crippen LogP) is 2.84. The summed E-state index contributed by atoms with van der Waals surface area (Å²) in [4.78, 5) is 4.56. The van der Waals surface area contributed by atoms with Gasteiger partial charge in [0.05, 0.1) is 19.3 Å². The molecule has 0 unspecified atom stereocenters. The third-order valence-corrected chi connectivity index (χ3v) is 4.03. The van der Waals surface area contributed by atoms with E-state index >= 15 is 0 Å². The SMILES string of the molecule is CCc1cc(N[C@@H](CCO)c2ccc(OC)cc2)n2nccc2n1. The van der Waals surface area contributed by atoms with Crippen molar-refractivity contribution in [3.63, 3.8) is 0 Å². The Labute approximate surface area is 141 Å². The second-order valence-electron chi connectivity index (χ2n) is 5.57. The second-order valence-corrected chi connectivity index (χ2v) is 5.57. The normalized spacial score (nSPS) is 12.3. The van der Waals surface area contributed by atoms with Gasteiger partial charge in [0.25, 0.3) is 0 Å². The number of aryl methyl sites for hydroxylation is 1. The number of methoxy groups -OCH3 is 1. The van der Waals surface area contributed by atoms with Crippen molar-refractivity contribution in [1.29, 1.82) is 0 Å². The monoisotopic (exact) mass is 326 g/mol. The first kappa shape index (κ1) is 16.3. The van der Waals surface area contributed by atoms with Crippen LogP contribution in [0.5, 0.6) is 5.75 Å². The Morgan fingerprint density at radius 3 is 2.71 bits per heavy atom. The molecule has 0 spiro atoms. The third-order valence-electron chi connectivity index (χ3n) is 4.03. The number of benzene rings is 1. The Kier molecular flexibility index (Phi) is 4.96. The minimum absolute atomic E-state index is 0.0274. The molecule has 0 bridgehead atoms. The zero-order chi connectivity index (χ0) is 16.9. The minimum Gasteiger partial charge on any atom is -0.497 e. The van der Waals surface area contributed by atoms with Crippen LogP contribution in [0.4, 0.5) is 5.82 Å². The van der Waals surface area contributed by atoms with Gasteiger partial charge in [-0.25, -0.2) is 4.98 Å². The quantitative estimate of drug-likeness (QED) is 0.698. The van der Waals surface area contributed by atoms with Crippen LogP contribution < -0.4 is 10.1 Å². The molecule has 0 saturated heterocycles. The van der Waals surface area contributed by atoms with Crippen LogP contribution in [0.3, 0.4) is 0 Å². The van der Waals surface area contributed by atoms with Crippen LogP contribution in [-0.4, -0.2) is 33.4 Å². The summed E-state index contributed by atoms with van der Waals surface area (Å²) in [6.45, 7) is 2.17. The molecule has 0 saturated carbocycles. The van der Waals surface area contributed by atoms with Gasteiger partial charge in [0.1, 0.15) is 11.6 Å². The largest absolute Gasteiger partial charge is 0.497 e. The third kappa shape index (κ3) is 3.33. The lowest BCUT2D eigenvalue weighted by atomic mass is 10.0. The van der Waals surface area contributed by atoms with Gasteiger partial charge in [-0.1, -0.05) is 19.1 Å². The van der Waals surface area contributed by atoms with Crippen molar-refractivity contribution in [2.75, 3.05) is 19.0 Å². The summed E-state index contributed by atoms with van der Waals surface area (Å²) in [5.74, 6) is 1.68. The lowest BCUT2D eigenvalue weighted by molar-refractivity contribution is 0.280. The molecule has 1 aromatic carbocycles. The van der Waals surface area contributed by atoms with Crippen molar-refractivity contribution < 1.29 is 9.84 Å². The average Bonchev–Trinajstić information content (AvgIpc) is 3.10. The number of hydrogen-bond donors (Lipinski definition) is 2. The molecular weight excluding hydrogens is 304 g/mol. The lowest BCUT2D eigenvalue weighted by Gasteiger charge is -2.20. The van der Waals surface area contributed by atoms with E-state index in [1.54, 1.807) is 17.8 Å². The van der Waals surface area contributed by atoms with E-state index in [-0.39, 0.29) is 12.6 Å². The highest BCUT2D eigenvalue weighted by molar-refractivity contribution is 5.50. The summed E-state index contributed by atoms with van der Waals surface area (Å²) in [5, 5.41) is 17.3. The second kappa shape index (κ2) is 7.31. The standard InChI is InChI=1S/C18H22N4O2/c1-3-14-12-18(22-17(20-14)8-10-19-22)21-16(9-11-23)13-4-6-15(24-2)7-5-13/h4-8,10,12,16,21,23H,3,9,11H2,1-2H3/t16-/m0/s1. The molecule has 1 atom stereocenters. The zero-order valence-corrected chi connectivity index (χ0v) is 13.9. The molecule has 6 nitrogen and oxygen atoms in total. The summed E-state index contributed by atoms with van der Waals surface area (Å²) < 4.78 is 7.00. The van der Waals surface area contributed by atoms with Crippen molar-refractivity contribution in [3.8, 4) is 5.75 Å². The van der Waals surface area contributed by atoms with Crippen LogP contribution >= 0.6 is 0 Å². The van der Waals surface area contributed by atoms with Gasteiger partial charge in [-0.2, -0.15) is 9.61 Å². The number of fused-ring (bicyclic) bond motifs is 1. The number of anilines is 1. The van der Waals surface area contributed by atoms with Gasteiger partial charge in [0, 0.05) is 24.4 Å². The number of hydrogen-bond acceptors (Lipinski definition) is 5. The lowest BCUT2D eigenvalue weighted by Crippen LogP contribution is -2.15. The van der Waals surface area contributed by atoms with E-state index in [0.717, 1.165) is 34.9 Å². The van der Waals surface area contributed by atoms with E-state index in [1.165, 1.54) is 0 Å². The number of nitrogens with one attached hydrogen (secondary N) is 1. The van der Waals surface area contributed by atoms with Gasteiger partial charge in [0.15, 0.2) is 5.65 Å². The Morgan fingerprint density at radius 2 is 2.04 bits per heavy atom. The van der Waals surface area contributed by atoms with Gasteiger partial charge < -0.3 is 15.2 Å². The Balaban J connectivity index is 1.94. The molecular formula is C18H22N4O2. The number of nitrogens with zero attached hydrogens (tertiary/aromatic N) is 3. The maximum absolute atomic E-state index is 9.45. The van der Waals surface area contributed by atoms with Crippen LogP contribution in [-0.2, 0) is 6.42 Å². The molecule has 6 heteroatoms. The maximum atomic E-state index is 9.45. The first-order chi connectivity index (χ1) is 11.7. The topological polar surface area (TPSA) is 71.7 Å². The van der Waals surface area contributed by atoms with E-state index in [9.17, 15) is 5.11 Å². The van der Waals surface area contributed by atoms with E-state index in [2.05, 4.69) is 22.3 Å². The van der Waals surface area contributed by atoms with Crippen molar-refractivity contribution in [2.24, 2.45) is 0 Å². The van der Waals surface area contributed by atoms with Gasteiger partial charge in [-0.05, 0) is 30.5 Å². The molecule has 0 amide bonds. The highest BCUT2D eigenvalue weighted by atomic mass is 16.5. The van der Waals surface area contributed by atoms with Crippen LogP contribution in [0.15, 0.2) is 42.6 Å². The minimum atomic E-state index is -0.0274. The first-order valence-corrected chi connectivity index (χ1v) is 8.10. The van der Waals surface area contributed by atoms with Crippen molar-refractivity contribution in [2.45, 2.75) is 25.8 Å². The van der Waals surface area contributed by atoms with Crippen molar-refractivity contribution in [3.05, 3.63) is 53.9 Å². The Bertz CT molecular complexity index is 798. The zero-order valence-electron chi connectivity index (χ0n) is 13.9. The predicted molar refractivity (Wildman–Crippen MR) is 93.4 cm³/mol. The summed E-state index contributed by atoms with van der Waals surface area (Å²) in [7, 11) is 1.65. The van der Waals surface area contributed by atoms with Gasteiger partial charge in [-0.3, -0.25) is 0 Å². The summed E-state index contributed by atoms with van der Waals surface area (Å²) in [6, 6.07) is 11.7. The number of aliphatic hydroxyl groups excluding tert-OH is 1. The van der Waals surface area contributed by atoms with E-state index in [1.807, 2.05) is 36.4 Å². The molecule has 2 aromatic heterocycles. The first-order valence-electron chi connectivity index (χ1n) is 8.10. The fourth-order valence-corrected chi connectivity index (χ4v) is 2.71. The number of rotatable bonds is 7. The van der Waals surface area contributed by atoms with Gasteiger partial charge in [0.2, 0.25) is 0 Å². The van der Waals surface area contributed by atoms with Crippen LogP contribution in [0.2, 0.25) is 0 Å². The van der Waals surface area contributed by atoms with E-state index in [4.69, 9.17) is 4.74 Å². The molecule has 0 fully saturated rings. The molecule has 0 radical (unpaired) electrons. The fourth-order valence-electron chi connectivity index (χ4n) is 2.71. The smallest absolute Gasteiger partial charge is 0.157 e. The van der Waals surface area contributed by atoms with Gasteiger partial charge >= 0.3 is 0 Å². The van der Waals surface area contributed by atoms with Crippen molar-refractivity contribution >= 4 is 11.5 Å². The Hall–Kier alpha value is -2.60. The van der Waals surface area contributed by atoms with Crippen LogP contribution in [0.1, 0.15) is 30.6 Å². The fraction of sp³-hybridized carbons (Fsp3) is 0.333. The highest BCUT2D eigenvalue weighted by Gasteiger charge is 2.14. The van der Waals surface area contributed by atoms with Crippen molar-refractivity contribution in [1.82, 2.24) is 14.6 Å². The molecule has 3 aromatic rings. The molecule has 0 aliphatic rings. The summed E-state index contributed by atoms with van der Waals surface area (Å²) in [6.07, 6.45) is 3.18. The summed E-state index contributed by atoms with van der Waals surface area (Å²) in [5.41, 5.74) is 2.90. The van der Waals surface area contributed by atoms with E-state index in [0.29, 0.717) is 6.42 Å². The van der Waals surface area contributed by atoms with Crippen LogP contribution in [0.25, 0.3) is 5.65 Å². The number of aliphatic hydroxyl groups is 1. The van der Waals surface area contributed by atoms with Crippen LogP contribution in [0, 0.1) is 0 Å². The molecule has 126 valence electrons. The average molecular weight is 326 g/mol. The molecule has 2 N–H and O–H groups in total. The van der Waals surface area contributed by atoms with Gasteiger partial charge in [-0.15, -0.1) is 0 Å². The number of ether oxygens (including phenoxy) is 1. The van der Waals surface area contributed by atoms with E-state index < -0.39 is 0 Å². The molecule has 24 heavy (non-hydrogen) atoms. The molecule has 0 aliphatic heterocycles. The number of aromatic nitrogens is 3. The Morgan fingerprint density at radius 1 is 1.25 bits per heavy atom. The maximum Gasteiger partial charge on any atom is 0.157 e. The molecule has 3 rings (SSSR count).